The summed E-state index contributed by atoms with van der Waals surface area (Å²) in [4.78, 5) is 18.9. The molecule has 2 N–H and O–H groups in total. The Morgan fingerprint density at radius 1 is 1.00 bits per heavy atom. The fourth-order valence-electron chi connectivity index (χ4n) is 4.79. The smallest absolute Gasteiger partial charge is 0.339 e. The molecule has 3 aromatic carbocycles. The summed E-state index contributed by atoms with van der Waals surface area (Å²) < 4.78 is 32.6. The Morgan fingerprint density at radius 2 is 1.83 bits per heavy atom. The van der Waals surface area contributed by atoms with Crippen molar-refractivity contribution in [2.24, 2.45) is 5.10 Å². The molecule has 0 saturated carbocycles. The van der Waals surface area contributed by atoms with Crippen molar-refractivity contribution in [3.63, 3.8) is 0 Å². The monoisotopic (exact) mass is 571 g/mol. The molecular formula is C32H34FN5O4. The molecule has 1 aliphatic rings. The quantitative estimate of drug-likeness (QED) is 0.120. The first kappa shape index (κ1) is 28.8. The molecule has 10 heteroatoms. The first-order chi connectivity index (χ1) is 20.6. The molecule has 0 bridgehead atoms. The average molecular weight is 572 g/mol. The van der Waals surface area contributed by atoms with Crippen LogP contribution in [0.5, 0.6) is 23.0 Å². The Kier molecular flexibility index (Phi) is 9.79. The number of anilines is 1. The van der Waals surface area contributed by atoms with E-state index >= 15 is 0 Å². The summed E-state index contributed by atoms with van der Waals surface area (Å²) in [5, 5.41) is 7.19. The summed E-state index contributed by atoms with van der Waals surface area (Å²) in [6.45, 7) is 3.91. The van der Waals surface area contributed by atoms with Gasteiger partial charge in [-0.2, -0.15) is 5.10 Å². The zero-order valence-corrected chi connectivity index (χ0v) is 23.5. The lowest BCUT2D eigenvalue weighted by Gasteiger charge is -2.26. The summed E-state index contributed by atoms with van der Waals surface area (Å²) in [6, 6.07) is 18.2. The minimum absolute atomic E-state index is 0.0337. The molecule has 4 aromatic rings. The number of carbonyl (C=O) groups excluding carboxylic acids is 1. The van der Waals surface area contributed by atoms with Crippen LogP contribution < -0.4 is 25.0 Å². The zero-order valence-electron chi connectivity index (χ0n) is 23.5. The van der Waals surface area contributed by atoms with E-state index in [-0.39, 0.29) is 5.75 Å². The number of nitrogens with zero attached hydrogens (tertiary/aromatic N) is 3. The number of urea groups is 1. The second-order valence-electron chi connectivity index (χ2n) is 9.92. The maximum Gasteiger partial charge on any atom is 0.339 e. The third-order valence-electron chi connectivity index (χ3n) is 6.90. The van der Waals surface area contributed by atoms with E-state index < -0.39 is 11.8 Å². The van der Waals surface area contributed by atoms with E-state index in [1.54, 1.807) is 55.8 Å². The predicted molar refractivity (Wildman–Crippen MR) is 161 cm³/mol. The van der Waals surface area contributed by atoms with Crippen molar-refractivity contribution in [2.45, 2.75) is 25.7 Å². The average Bonchev–Trinajstić information content (AvgIpc) is 3.01. The number of piperidine rings is 1. The van der Waals surface area contributed by atoms with Crippen molar-refractivity contribution >= 4 is 28.8 Å². The molecule has 2 heterocycles. The maximum atomic E-state index is 15.0. The Bertz CT molecular complexity index is 1530. The molecule has 0 aliphatic carbocycles. The largest absolute Gasteiger partial charge is 0.493 e. The molecule has 5 rings (SSSR count). The molecule has 0 unspecified atom stereocenters. The van der Waals surface area contributed by atoms with Crippen LogP contribution in [-0.4, -0.2) is 55.5 Å². The van der Waals surface area contributed by atoms with Crippen molar-refractivity contribution in [3.05, 3.63) is 84.3 Å². The summed E-state index contributed by atoms with van der Waals surface area (Å²) in [5.74, 6) is 1.03. The van der Waals surface area contributed by atoms with Crippen molar-refractivity contribution < 1.29 is 23.4 Å². The molecular weight excluding hydrogens is 537 g/mol. The number of ether oxygens (including phenoxy) is 3. The van der Waals surface area contributed by atoms with Gasteiger partial charge in [0.25, 0.3) is 0 Å². The molecule has 1 aliphatic heterocycles. The van der Waals surface area contributed by atoms with Gasteiger partial charge in [0.15, 0.2) is 23.1 Å². The van der Waals surface area contributed by atoms with Crippen LogP contribution in [0.4, 0.5) is 14.9 Å². The number of carbonyl (C=O) groups is 1. The van der Waals surface area contributed by atoms with Gasteiger partial charge in [-0.15, -0.1) is 0 Å². The van der Waals surface area contributed by atoms with Crippen molar-refractivity contribution in [3.8, 4) is 23.0 Å². The number of hydrazone groups is 1. The topological polar surface area (TPSA) is 97.3 Å². The normalized spacial score (nSPS) is 13.7. The highest BCUT2D eigenvalue weighted by Gasteiger charge is 2.15. The minimum Gasteiger partial charge on any atom is -0.493 e. The van der Waals surface area contributed by atoms with Crippen LogP contribution in [0.2, 0.25) is 0 Å². The number of benzene rings is 3. The van der Waals surface area contributed by atoms with E-state index in [9.17, 15) is 9.18 Å². The van der Waals surface area contributed by atoms with Crippen LogP contribution >= 0.6 is 0 Å². The van der Waals surface area contributed by atoms with E-state index in [1.807, 2.05) is 12.1 Å². The fourth-order valence-corrected chi connectivity index (χ4v) is 4.79. The van der Waals surface area contributed by atoms with E-state index in [1.165, 1.54) is 37.6 Å². The van der Waals surface area contributed by atoms with Gasteiger partial charge < -0.3 is 24.4 Å². The third kappa shape index (κ3) is 7.73. The fraction of sp³-hybridized carbons (Fsp3) is 0.281. The van der Waals surface area contributed by atoms with Crippen molar-refractivity contribution in [1.29, 1.82) is 0 Å². The minimum atomic E-state index is -0.585. The lowest BCUT2D eigenvalue weighted by Crippen LogP contribution is -2.31. The van der Waals surface area contributed by atoms with Crippen LogP contribution in [0.15, 0.2) is 78.0 Å². The van der Waals surface area contributed by atoms with E-state index in [2.05, 4.69) is 25.7 Å². The number of fused-ring (bicyclic) bond motifs is 1. The number of hydrogen-bond donors (Lipinski definition) is 2. The molecule has 1 aromatic heterocycles. The zero-order chi connectivity index (χ0) is 29.1. The van der Waals surface area contributed by atoms with Crippen LogP contribution in [0, 0.1) is 5.82 Å². The molecule has 2 amide bonds. The number of para-hydroxylation sites is 1. The molecule has 1 saturated heterocycles. The lowest BCUT2D eigenvalue weighted by molar-refractivity contribution is 0.203. The number of likely N-dealkylation sites (tertiary alicyclic amines) is 1. The Labute approximate surface area is 244 Å². The highest BCUT2D eigenvalue weighted by atomic mass is 19.1. The number of aromatic nitrogens is 1. The molecule has 218 valence electrons. The van der Waals surface area contributed by atoms with Crippen LogP contribution in [0.25, 0.3) is 10.9 Å². The number of nitrogens with one attached hydrogen (secondary N) is 2. The first-order valence-electron chi connectivity index (χ1n) is 14.0. The van der Waals surface area contributed by atoms with E-state index in [0.29, 0.717) is 46.0 Å². The van der Waals surface area contributed by atoms with Gasteiger partial charge in [-0.1, -0.05) is 24.6 Å². The van der Waals surface area contributed by atoms with Gasteiger partial charge >= 0.3 is 6.03 Å². The van der Waals surface area contributed by atoms with Gasteiger partial charge in [-0.3, -0.25) is 4.98 Å². The van der Waals surface area contributed by atoms with E-state index in [4.69, 9.17) is 14.2 Å². The van der Waals surface area contributed by atoms with Gasteiger partial charge in [0.05, 0.1) is 25.4 Å². The molecule has 0 spiro atoms. The second-order valence-corrected chi connectivity index (χ2v) is 9.92. The van der Waals surface area contributed by atoms with Gasteiger partial charge in [-0.05, 0) is 80.4 Å². The highest BCUT2D eigenvalue weighted by Crippen LogP contribution is 2.37. The van der Waals surface area contributed by atoms with Crippen LogP contribution in [0.3, 0.4) is 0 Å². The summed E-state index contributed by atoms with van der Waals surface area (Å²) >= 11 is 0. The molecule has 0 atom stereocenters. The van der Waals surface area contributed by atoms with Gasteiger partial charge in [0.2, 0.25) is 0 Å². The molecule has 9 nitrogen and oxygen atoms in total. The summed E-state index contributed by atoms with van der Waals surface area (Å²) in [5.41, 5.74) is 4.07. The lowest BCUT2D eigenvalue weighted by atomic mass is 10.1. The van der Waals surface area contributed by atoms with Crippen molar-refractivity contribution in [1.82, 2.24) is 15.3 Å². The second kappa shape index (κ2) is 14.3. The summed E-state index contributed by atoms with van der Waals surface area (Å²) in [7, 11) is 1.58. The third-order valence-corrected chi connectivity index (χ3v) is 6.90. The highest BCUT2D eigenvalue weighted by molar-refractivity contribution is 5.90. The Morgan fingerprint density at radius 3 is 2.62 bits per heavy atom. The number of hydrogen-bond acceptors (Lipinski definition) is 7. The number of amides is 2. The van der Waals surface area contributed by atoms with Crippen LogP contribution in [-0.2, 0) is 0 Å². The SMILES string of the molecule is COc1cc2c(Oc3ccc(/C=N/NC(=O)Nc4ccccc4)cc3F)ccnc2cc1OCCCN1CCCCC1. The van der Waals surface area contributed by atoms with Gasteiger partial charge in [0.1, 0.15) is 5.75 Å². The number of rotatable bonds is 11. The maximum absolute atomic E-state index is 15.0. The van der Waals surface area contributed by atoms with Crippen molar-refractivity contribution in [2.75, 3.05) is 38.7 Å². The Balaban J connectivity index is 1.21. The van der Waals surface area contributed by atoms with Crippen LogP contribution in [0.1, 0.15) is 31.2 Å². The van der Waals surface area contributed by atoms with Gasteiger partial charge in [0, 0.05) is 29.9 Å². The van der Waals surface area contributed by atoms with E-state index in [0.717, 1.165) is 26.1 Å². The number of methoxy groups -OCH3 is 1. The standard InChI is InChI=1S/C32H34FN5O4/c1-40-30-20-25-27(21-31(30)41-18-8-17-38-15-6-3-7-16-38)34-14-13-28(25)42-29-12-11-23(19-26(29)33)22-35-37-32(39)36-24-9-4-2-5-10-24/h2,4-5,9-14,19-22H,3,6-8,15-18H2,1H3,(H2,36,37,39)/b35-22+. The molecule has 0 radical (unpaired) electrons. The first-order valence-corrected chi connectivity index (χ1v) is 14.0. The Hall–Kier alpha value is -4.70. The number of halogens is 1. The summed E-state index contributed by atoms with van der Waals surface area (Å²) in [6.07, 6.45) is 7.74. The molecule has 42 heavy (non-hydrogen) atoms. The molecule has 1 fully saturated rings. The number of pyridine rings is 1. The predicted octanol–water partition coefficient (Wildman–Crippen LogP) is 6.59. The van der Waals surface area contributed by atoms with Gasteiger partial charge in [-0.25, -0.2) is 14.6 Å².